The van der Waals surface area contributed by atoms with Gasteiger partial charge in [-0.25, -0.2) is 15.0 Å². The molecule has 0 unspecified atom stereocenters. The Morgan fingerprint density at radius 3 is 1.26 bits per heavy atom. The van der Waals surface area contributed by atoms with Crippen LogP contribution < -0.4 is 0 Å². The van der Waals surface area contributed by atoms with Crippen LogP contribution in [0.15, 0.2) is 219 Å². The largest absolute Gasteiger partial charge is 0.309 e. The zero-order chi connectivity index (χ0) is 47.7. The van der Waals surface area contributed by atoms with Crippen molar-refractivity contribution >= 4 is 44.7 Å². The molecule has 0 saturated carbocycles. The van der Waals surface area contributed by atoms with Crippen molar-refractivity contribution in [2.75, 3.05) is 0 Å². The van der Waals surface area contributed by atoms with E-state index < -0.39 is 0 Å². The van der Waals surface area contributed by atoms with Gasteiger partial charge in [0.15, 0.2) is 17.5 Å². The Hall–Kier alpha value is -8.21. The molecule has 10 aromatic rings. The summed E-state index contributed by atoms with van der Waals surface area (Å²) >= 11 is 0. The Labute approximate surface area is 406 Å². The van der Waals surface area contributed by atoms with Crippen LogP contribution in [-0.2, 0) is 10.8 Å². The first kappa shape index (κ1) is 44.6. The number of allylic oxidation sites excluding steroid dienone is 4. The van der Waals surface area contributed by atoms with Gasteiger partial charge in [0.25, 0.3) is 0 Å². The highest BCUT2D eigenvalue weighted by molar-refractivity contribution is 6.18. The fraction of sp³-hybridized carbons (Fsp3) is 0.123. The summed E-state index contributed by atoms with van der Waals surface area (Å²) in [4.78, 5) is 15.3. The van der Waals surface area contributed by atoms with Crippen LogP contribution in [0.2, 0.25) is 0 Å². The minimum atomic E-state index is -0.0359. The molecule has 8 aromatic carbocycles. The van der Waals surface area contributed by atoms with E-state index in [0.717, 1.165) is 66.5 Å². The first-order valence-electron chi connectivity index (χ1n) is 23.8. The molecule has 69 heavy (non-hydrogen) atoms. The Morgan fingerprint density at radius 2 is 0.841 bits per heavy atom. The van der Waals surface area contributed by atoms with Gasteiger partial charge in [-0.3, -0.25) is 0 Å². The molecule has 4 nitrogen and oxygen atoms in total. The van der Waals surface area contributed by atoms with Crippen LogP contribution in [0.4, 0.5) is 0 Å². The molecule has 0 N–H and O–H groups in total. The molecule has 4 heteroatoms. The summed E-state index contributed by atoms with van der Waals surface area (Å²) in [5, 5.41) is 2.33. The third-order valence-electron chi connectivity index (χ3n) is 12.9. The molecule has 2 aromatic heterocycles. The smallest absolute Gasteiger partial charge is 0.164 e. The van der Waals surface area contributed by atoms with Crippen molar-refractivity contribution in [3.63, 3.8) is 0 Å². The molecule has 0 spiro atoms. The zero-order valence-corrected chi connectivity index (χ0v) is 40.3. The first-order valence-corrected chi connectivity index (χ1v) is 23.8. The fourth-order valence-electron chi connectivity index (χ4n) is 9.05. The highest BCUT2D eigenvalue weighted by Gasteiger charge is 2.23. The lowest BCUT2D eigenvalue weighted by Gasteiger charge is -2.22. The summed E-state index contributed by atoms with van der Waals surface area (Å²) in [7, 11) is 0. The van der Waals surface area contributed by atoms with Gasteiger partial charge in [-0.15, -0.1) is 0 Å². The standard InChI is InChI=1S/C65H56N4/c1-44(61-66-62(49-24-16-10-17-25-49)68-63(67-61)50-26-18-11-19-27-50)40-55(48-30-36-54(37-31-48)65(5,6)7)60(41-45-28-34-53(35-29-45)64(2,3)4)69-58-38-32-51(46-20-12-8-13-21-46)42-56(58)57-43-52(33-39-59(57)69)47-22-14-9-15-23-47/h8-43H,1H2,2-7H3/b55-40-,60-41-. The lowest BCUT2D eigenvalue weighted by molar-refractivity contribution is 0.590. The molecule has 0 fully saturated rings. The quantitative estimate of drug-likeness (QED) is 0.129. The average Bonchev–Trinajstić information content (AvgIpc) is 3.70. The van der Waals surface area contributed by atoms with E-state index in [4.69, 9.17) is 21.5 Å². The molecule has 0 aliphatic heterocycles. The Bertz CT molecular complexity index is 3360. The second-order valence-electron chi connectivity index (χ2n) is 19.9. The van der Waals surface area contributed by atoms with E-state index >= 15 is 0 Å². The van der Waals surface area contributed by atoms with Crippen molar-refractivity contribution in [2.45, 2.75) is 52.4 Å². The lowest BCUT2D eigenvalue weighted by atomic mass is 9.85. The van der Waals surface area contributed by atoms with Crippen LogP contribution in [0.25, 0.3) is 89.8 Å². The molecule has 10 rings (SSSR count). The predicted octanol–water partition coefficient (Wildman–Crippen LogP) is 17.0. The van der Waals surface area contributed by atoms with E-state index in [1.807, 2.05) is 60.7 Å². The van der Waals surface area contributed by atoms with Crippen molar-refractivity contribution in [1.82, 2.24) is 19.5 Å². The highest BCUT2D eigenvalue weighted by Crippen LogP contribution is 2.42. The minimum absolute atomic E-state index is 0.00415. The van der Waals surface area contributed by atoms with Crippen LogP contribution in [0.3, 0.4) is 0 Å². The van der Waals surface area contributed by atoms with Gasteiger partial charge in [0.2, 0.25) is 0 Å². The van der Waals surface area contributed by atoms with Gasteiger partial charge in [0.1, 0.15) is 0 Å². The van der Waals surface area contributed by atoms with E-state index in [1.165, 1.54) is 22.3 Å². The van der Waals surface area contributed by atoms with Gasteiger partial charge in [0.05, 0.1) is 16.7 Å². The van der Waals surface area contributed by atoms with Gasteiger partial charge >= 0.3 is 0 Å². The maximum atomic E-state index is 5.15. The summed E-state index contributed by atoms with van der Waals surface area (Å²) in [6.07, 6.45) is 4.51. The second kappa shape index (κ2) is 18.5. The number of fused-ring (bicyclic) bond motifs is 3. The van der Waals surface area contributed by atoms with Crippen molar-refractivity contribution < 1.29 is 0 Å². The Morgan fingerprint density at radius 1 is 0.435 bits per heavy atom. The number of benzene rings is 8. The average molecular weight is 893 g/mol. The fourth-order valence-corrected chi connectivity index (χ4v) is 9.05. The Balaban J connectivity index is 1.27. The number of aromatic nitrogens is 4. The summed E-state index contributed by atoms with van der Waals surface area (Å²) in [5.41, 5.74) is 15.9. The molecular weight excluding hydrogens is 837 g/mol. The normalized spacial score (nSPS) is 12.4. The number of hydrogen-bond donors (Lipinski definition) is 0. The maximum Gasteiger partial charge on any atom is 0.164 e. The number of rotatable bonds is 10. The summed E-state index contributed by atoms with van der Waals surface area (Å²) in [6.45, 7) is 18.3. The zero-order valence-electron chi connectivity index (χ0n) is 40.3. The van der Waals surface area contributed by atoms with E-state index in [0.29, 0.717) is 23.0 Å². The van der Waals surface area contributed by atoms with Gasteiger partial charge < -0.3 is 4.57 Å². The number of hydrogen-bond acceptors (Lipinski definition) is 3. The SMILES string of the molecule is C=C(/C=C(\C(=C\c1ccc(C(C)(C)C)cc1)n1c2ccc(-c3ccccc3)cc2c2cc(-c3ccccc3)ccc21)c1ccc(C(C)(C)C)cc1)c1nc(-c2ccccc2)nc(-c2ccccc2)n1. The molecule has 0 radical (unpaired) electrons. The van der Waals surface area contributed by atoms with Crippen LogP contribution in [0.5, 0.6) is 0 Å². The van der Waals surface area contributed by atoms with Gasteiger partial charge in [0, 0.05) is 33.0 Å². The van der Waals surface area contributed by atoms with E-state index in [1.54, 1.807) is 0 Å². The minimum Gasteiger partial charge on any atom is -0.309 e. The van der Waals surface area contributed by atoms with Crippen LogP contribution >= 0.6 is 0 Å². The molecule has 0 aliphatic rings. The van der Waals surface area contributed by atoms with Gasteiger partial charge in [-0.1, -0.05) is 230 Å². The molecule has 0 saturated heterocycles. The monoisotopic (exact) mass is 892 g/mol. The van der Waals surface area contributed by atoms with Crippen molar-refractivity contribution in [2.24, 2.45) is 0 Å². The van der Waals surface area contributed by atoms with E-state index in [-0.39, 0.29) is 10.8 Å². The van der Waals surface area contributed by atoms with E-state index in [2.05, 4.69) is 204 Å². The van der Waals surface area contributed by atoms with Crippen molar-refractivity contribution in [3.8, 4) is 45.0 Å². The van der Waals surface area contributed by atoms with Crippen LogP contribution in [0, 0.1) is 0 Å². The van der Waals surface area contributed by atoms with Gasteiger partial charge in [-0.05, 0) is 91.8 Å². The molecule has 336 valence electrons. The summed E-state index contributed by atoms with van der Waals surface area (Å²) in [6, 6.07) is 73.3. The number of nitrogens with zero attached hydrogens (tertiary/aromatic N) is 4. The van der Waals surface area contributed by atoms with Crippen LogP contribution in [0.1, 0.15) is 69.6 Å². The summed E-state index contributed by atoms with van der Waals surface area (Å²) < 4.78 is 2.45. The van der Waals surface area contributed by atoms with E-state index in [9.17, 15) is 0 Å². The third-order valence-corrected chi connectivity index (χ3v) is 12.9. The second-order valence-corrected chi connectivity index (χ2v) is 19.9. The Kier molecular flexibility index (Phi) is 11.9. The molecule has 0 bridgehead atoms. The predicted molar refractivity (Wildman–Crippen MR) is 292 cm³/mol. The van der Waals surface area contributed by atoms with Crippen molar-refractivity contribution in [1.29, 1.82) is 0 Å². The lowest BCUT2D eigenvalue weighted by Crippen LogP contribution is -2.11. The maximum absolute atomic E-state index is 5.15. The van der Waals surface area contributed by atoms with Crippen LogP contribution in [-0.4, -0.2) is 19.5 Å². The molecule has 2 heterocycles. The highest BCUT2D eigenvalue weighted by atomic mass is 15.0. The molecular formula is C65H56N4. The first-order chi connectivity index (χ1) is 33.4. The van der Waals surface area contributed by atoms with Crippen molar-refractivity contribution in [3.05, 3.63) is 247 Å². The summed E-state index contributed by atoms with van der Waals surface area (Å²) in [5.74, 6) is 1.68. The van der Waals surface area contributed by atoms with Gasteiger partial charge in [-0.2, -0.15) is 0 Å². The molecule has 0 aliphatic carbocycles. The third kappa shape index (κ3) is 9.39. The molecule has 0 atom stereocenters. The topological polar surface area (TPSA) is 43.6 Å². The molecule has 0 amide bonds.